The molecule has 0 amide bonds. The average Bonchev–Trinajstić information content (AvgIpc) is 3.08. The van der Waals surface area contributed by atoms with Crippen LogP contribution in [0.2, 0.25) is 10.0 Å². The minimum Gasteiger partial charge on any atom is -0.457 e. The van der Waals surface area contributed by atoms with Crippen molar-refractivity contribution in [3.63, 3.8) is 0 Å². The predicted octanol–water partition coefficient (Wildman–Crippen LogP) is 7.22. The highest BCUT2D eigenvalue weighted by molar-refractivity contribution is 6.39. The lowest BCUT2D eigenvalue weighted by Gasteiger charge is -2.09. The first-order valence-corrected chi connectivity index (χ1v) is 10.4. The van der Waals surface area contributed by atoms with Gasteiger partial charge in [0.2, 0.25) is 0 Å². The second-order valence-electron chi connectivity index (χ2n) is 6.98. The molecule has 4 rings (SSSR count). The number of hydrogen-bond donors (Lipinski definition) is 2. The van der Waals surface area contributed by atoms with Crippen molar-refractivity contribution in [2.24, 2.45) is 5.73 Å². The Morgan fingerprint density at radius 1 is 0.862 bits per heavy atom. The molecule has 0 saturated carbocycles. The molecule has 0 spiro atoms. The number of aromatic amines is 1. The van der Waals surface area contributed by atoms with E-state index >= 15 is 0 Å². The maximum absolute atomic E-state index is 6.57. The van der Waals surface area contributed by atoms with Crippen LogP contribution in [0.25, 0.3) is 22.2 Å². The number of hydrogen-bond acceptors (Lipinski definition) is 2. The molecule has 3 nitrogen and oxygen atoms in total. The van der Waals surface area contributed by atoms with E-state index in [0.717, 1.165) is 52.9 Å². The molecule has 0 saturated heterocycles. The first-order chi connectivity index (χ1) is 14.2. The van der Waals surface area contributed by atoms with Crippen molar-refractivity contribution >= 4 is 34.1 Å². The van der Waals surface area contributed by atoms with Gasteiger partial charge in [0.05, 0.1) is 5.02 Å². The maximum atomic E-state index is 6.57. The summed E-state index contributed by atoms with van der Waals surface area (Å²) in [4.78, 5) is 3.52. The number of nitrogens with two attached hydrogens (primary N) is 1. The molecular weight excluding hydrogens is 403 g/mol. The van der Waals surface area contributed by atoms with Gasteiger partial charge in [-0.15, -0.1) is 0 Å². The first kappa shape index (κ1) is 19.8. The summed E-state index contributed by atoms with van der Waals surface area (Å²) in [7, 11) is 0. The summed E-state index contributed by atoms with van der Waals surface area (Å²) in [6.45, 7) is 0.678. The number of rotatable bonds is 7. The number of aryl methyl sites for hydroxylation is 1. The molecule has 0 aliphatic heterocycles. The monoisotopic (exact) mass is 424 g/mol. The van der Waals surface area contributed by atoms with Crippen LogP contribution in [0.1, 0.15) is 18.4 Å². The summed E-state index contributed by atoms with van der Waals surface area (Å²) in [6, 6.07) is 21.5. The summed E-state index contributed by atoms with van der Waals surface area (Å²) >= 11 is 12.8. The van der Waals surface area contributed by atoms with E-state index in [1.54, 1.807) is 6.07 Å². The van der Waals surface area contributed by atoms with Gasteiger partial charge in [-0.05, 0) is 67.8 Å². The quantitative estimate of drug-likeness (QED) is 0.307. The highest BCUT2D eigenvalue weighted by atomic mass is 35.5. The Bertz CT molecular complexity index is 1120. The van der Waals surface area contributed by atoms with Gasteiger partial charge in [0, 0.05) is 27.2 Å². The Hall–Kier alpha value is -2.46. The Morgan fingerprint density at radius 2 is 1.66 bits per heavy atom. The zero-order chi connectivity index (χ0) is 20.2. The van der Waals surface area contributed by atoms with E-state index in [2.05, 4.69) is 11.1 Å². The van der Waals surface area contributed by atoms with Gasteiger partial charge in [-0.1, -0.05) is 53.5 Å². The summed E-state index contributed by atoms with van der Waals surface area (Å²) in [5.41, 5.74) is 9.92. The van der Waals surface area contributed by atoms with Crippen LogP contribution in [0.4, 0.5) is 0 Å². The molecule has 0 unspecified atom stereocenters. The van der Waals surface area contributed by atoms with Crippen LogP contribution in [-0.4, -0.2) is 11.5 Å². The van der Waals surface area contributed by atoms with Crippen molar-refractivity contribution < 1.29 is 4.74 Å². The van der Waals surface area contributed by atoms with Gasteiger partial charge in [0.1, 0.15) is 11.5 Å². The molecular formula is C24H22Cl2N2O. The third-order valence-corrected chi connectivity index (χ3v) is 5.42. The Morgan fingerprint density at radius 3 is 2.45 bits per heavy atom. The fourth-order valence-electron chi connectivity index (χ4n) is 3.60. The van der Waals surface area contributed by atoms with Crippen molar-refractivity contribution in [2.45, 2.75) is 19.3 Å². The summed E-state index contributed by atoms with van der Waals surface area (Å²) < 4.78 is 6.02. The van der Waals surface area contributed by atoms with E-state index in [4.69, 9.17) is 33.7 Å². The summed E-state index contributed by atoms with van der Waals surface area (Å²) in [5.74, 6) is 1.59. The molecule has 0 aliphatic carbocycles. The lowest BCUT2D eigenvalue weighted by molar-refractivity contribution is 0.483. The molecule has 29 heavy (non-hydrogen) atoms. The summed E-state index contributed by atoms with van der Waals surface area (Å²) in [5, 5.41) is 2.30. The normalized spacial score (nSPS) is 11.1. The molecule has 0 fully saturated rings. The number of nitrogens with one attached hydrogen (secondary N) is 1. The van der Waals surface area contributed by atoms with Crippen molar-refractivity contribution in [3.8, 4) is 22.8 Å². The molecule has 0 radical (unpaired) electrons. The summed E-state index contributed by atoms with van der Waals surface area (Å²) in [6.07, 6.45) is 2.85. The average molecular weight is 425 g/mol. The second kappa shape index (κ2) is 8.91. The van der Waals surface area contributed by atoms with Crippen LogP contribution in [0.3, 0.4) is 0 Å². The second-order valence-corrected chi connectivity index (χ2v) is 7.82. The van der Waals surface area contributed by atoms with E-state index in [-0.39, 0.29) is 0 Å². The fraction of sp³-hybridized carbons (Fsp3) is 0.167. The Labute approximate surface area is 180 Å². The van der Waals surface area contributed by atoms with E-state index in [1.807, 2.05) is 54.6 Å². The predicted molar refractivity (Wildman–Crippen MR) is 122 cm³/mol. The highest BCUT2D eigenvalue weighted by Crippen LogP contribution is 2.38. The fourth-order valence-corrected chi connectivity index (χ4v) is 4.20. The van der Waals surface area contributed by atoms with Gasteiger partial charge in [-0.3, -0.25) is 0 Å². The number of aromatic nitrogens is 1. The van der Waals surface area contributed by atoms with Gasteiger partial charge in [-0.2, -0.15) is 0 Å². The van der Waals surface area contributed by atoms with Crippen LogP contribution in [0.5, 0.6) is 11.5 Å². The van der Waals surface area contributed by atoms with E-state index in [9.17, 15) is 0 Å². The van der Waals surface area contributed by atoms with Gasteiger partial charge in [0.15, 0.2) is 0 Å². The van der Waals surface area contributed by atoms with Crippen LogP contribution in [0, 0.1) is 0 Å². The molecule has 0 atom stereocenters. The Kier molecular flexibility index (Phi) is 6.10. The zero-order valence-corrected chi connectivity index (χ0v) is 17.4. The number of unbranched alkanes of at least 4 members (excludes halogenated alkanes) is 1. The highest BCUT2D eigenvalue weighted by Gasteiger charge is 2.17. The lowest BCUT2D eigenvalue weighted by atomic mass is 10.00. The minimum absolute atomic E-state index is 0.616. The number of fused-ring (bicyclic) bond motifs is 1. The van der Waals surface area contributed by atoms with Crippen LogP contribution < -0.4 is 10.5 Å². The number of halogens is 2. The number of benzene rings is 3. The SMILES string of the molecule is NCCCCc1c(-c2cccc(Oc3ccccc3)c2)[nH]c2cc(Cl)cc(Cl)c12. The molecule has 148 valence electrons. The van der Waals surface area contributed by atoms with Gasteiger partial charge < -0.3 is 15.5 Å². The van der Waals surface area contributed by atoms with Crippen molar-refractivity contribution in [1.82, 2.24) is 4.98 Å². The topological polar surface area (TPSA) is 51.0 Å². The standard InChI is InChI=1S/C24H22Cl2N2O/c25-17-14-21(26)23-20(11-4-5-12-27)24(28-22(23)15-17)16-7-6-10-19(13-16)29-18-8-2-1-3-9-18/h1-3,6-10,13-15,28H,4-5,11-12,27H2. The third-order valence-electron chi connectivity index (χ3n) is 4.90. The van der Waals surface area contributed by atoms with E-state index in [0.29, 0.717) is 16.6 Å². The molecule has 3 N–H and O–H groups in total. The molecule has 1 aromatic heterocycles. The largest absolute Gasteiger partial charge is 0.457 e. The van der Waals surface area contributed by atoms with Crippen LogP contribution in [-0.2, 0) is 6.42 Å². The minimum atomic E-state index is 0.616. The molecule has 5 heteroatoms. The van der Waals surface area contributed by atoms with Gasteiger partial charge in [0.25, 0.3) is 0 Å². The Balaban J connectivity index is 1.77. The molecule has 0 aliphatic rings. The number of para-hydroxylation sites is 1. The van der Waals surface area contributed by atoms with Crippen molar-refractivity contribution in [1.29, 1.82) is 0 Å². The molecule has 0 bridgehead atoms. The molecule has 1 heterocycles. The van der Waals surface area contributed by atoms with Crippen LogP contribution >= 0.6 is 23.2 Å². The number of H-pyrrole nitrogens is 1. The lowest BCUT2D eigenvalue weighted by Crippen LogP contribution is -1.99. The third kappa shape index (κ3) is 4.43. The first-order valence-electron chi connectivity index (χ1n) is 9.68. The maximum Gasteiger partial charge on any atom is 0.128 e. The van der Waals surface area contributed by atoms with Crippen molar-refractivity contribution in [3.05, 3.63) is 82.3 Å². The van der Waals surface area contributed by atoms with E-state index < -0.39 is 0 Å². The zero-order valence-electron chi connectivity index (χ0n) is 15.9. The number of ether oxygens (including phenoxy) is 1. The molecule has 3 aromatic carbocycles. The smallest absolute Gasteiger partial charge is 0.128 e. The van der Waals surface area contributed by atoms with E-state index in [1.165, 1.54) is 5.56 Å². The van der Waals surface area contributed by atoms with Gasteiger partial charge in [-0.25, -0.2) is 0 Å². The molecule has 4 aromatic rings. The van der Waals surface area contributed by atoms with Crippen LogP contribution in [0.15, 0.2) is 66.7 Å². The van der Waals surface area contributed by atoms with Gasteiger partial charge >= 0.3 is 0 Å². The van der Waals surface area contributed by atoms with Crippen molar-refractivity contribution in [2.75, 3.05) is 6.54 Å².